The molecule has 1 saturated heterocycles. The zero-order valence-electron chi connectivity index (χ0n) is 19.7. The number of thiazole rings is 1. The summed E-state index contributed by atoms with van der Waals surface area (Å²) in [6.07, 6.45) is 5.21. The second-order valence-electron chi connectivity index (χ2n) is 8.89. The lowest BCUT2D eigenvalue weighted by molar-refractivity contribution is 0.210. The van der Waals surface area contributed by atoms with Crippen molar-refractivity contribution in [3.63, 3.8) is 0 Å². The van der Waals surface area contributed by atoms with E-state index < -0.39 is 11.6 Å². The Morgan fingerprint density at radius 3 is 2.72 bits per heavy atom. The van der Waals surface area contributed by atoms with Gasteiger partial charge in [-0.2, -0.15) is 0 Å². The summed E-state index contributed by atoms with van der Waals surface area (Å²) in [5.74, 6) is -0.371. The van der Waals surface area contributed by atoms with Gasteiger partial charge in [-0.3, -0.25) is 4.68 Å². The number of likely N-dealkylation sites (tertiary alicyclic amines) is 1. The molecule has 36 heavy (non-hydrogen) atoms. The van der Waals surface area contributed by atoms with E-state index >= 15 is 4.39 Å². The number of nitrogens with zero attached hydrogens (tertiary/aromatic N) is 6. The third-order valence-electron chi connectivity index (χ3n) is 6.65. The van der Waals surface area contributed by atoms with Crippen molar-refractivity contribution < 1.29 is 13.5 Å². The predicted molar refractivity (Wildman–Crippen MR) is 136 cm³/mol. The van der Waals surface area contributed by atoms with Gasteiger partial charge in [-0.15, -0.1) is 16.4 Å². The quantitative estimate of drug-likeness (QED) is 0.341. The number of hydrogen-bond acceptors (Lipinski definition) is 8. The Kier molecular flexibility index (Phi) is 5.73. The van der Waals surface area contributed by atoms with Gasteiger partial charge in [0.25, 0.3) is 0 Å². The number of aromatic nitrogens is 5. The van der Waals surface area contributed by atoms with Crippen LogP contribution in [-0.2, 0) is 0 Å². The van der Waals surface area contributed by atoms with Crippen molar-refractivity contribution in [1.82, 2.24) is 29.6 Å². The van der Waals surface area contributed by atoms with Gasteiger partial charge in [-0.25, -0.2) is 23.7 Å². The minimum absolute atomic E-state index is 0.173. The molecular formula is C25H23F2N7OS. The van der Waals surface area contributed by atoms with Gasteiger partial charge in [-0.1, -0.05) is 0 Å². The number of rotatable bonds is 5. The molecule has 5 aromatic rings. The molecule has 4 heterocycles. The van der Waals surface area contributed by atoms with Gasteiger partial charge in [-0.05, 0) is 62.8 Å². The fourth-order valence-electron chi connectivity index (χ4n) is 4.68. The first-order chi connectivity index (χ1) is 17.5. The number of benzene rings is 2. The van der Waals surface area contributed by atoms with Crippen LogP contribution in [-0.4, -0.2) is 56.9 Å². The van der Waals surface area contributed by atoms with Crippen LogP contribution >= 0.6 is 11.3 Å². The summed E-state index contributed by atoms with van der Waals surface area (Å²) >= 11 is 1.21. The minimum Gasteiger partial charge on any atom is -0.479 e. The molecule has 0 spiro atoms. The molecule has 6 rings (SSSR count). The molecule has 1 aliphatic heterocycles. The van der Waals surface area contributed by atoms with Gasteiger partial charge < -0.3 is 15.0 Å². The topological polar surface area (TPSA) is 81.0 Å². The highest BCUT2D eigenvalue weighted by Crippen LogP contribution is 2.36. The SMILES string of the molecule is COc1nn(C2CCN(C)CC2)cc1-c1cc(F)c2c(Nc3ccc4ncsc4c3F)ncnc2c1. The van der Waals surface area contributed by atoms with Crippen LogP contribution in [0.25, 0.3) is 32.2 Å². The molecule has 0 bridgehead atoms. The van der Waals surface area contributed by atoms with Crippen LogP contribution < -0.4 is 10.1 Å². The zero-order valence-corrected chi connectivity index (χ0v) is 20.5. The number of ether oxygens (including phenoxy) is 1. The Labute approximate surface area is 209 Å². The Bertz CT molecular complexity index is 1580. The van der Waals surface area contributed by atoms with Crippen molar-refractivity contribution in [3.8, 4) is 17.0 Å². The third-order valence-corrected chi connectivity index (χ3v) is 7.48. The molecule has 1 aliphatic rings. The van der Waals surface area contributed by atoms with Crippen LogP contribution in [0.5, 0.6) is 5.88 Å². The van der Waals surface area contributed by atoms with Crippen LogP contribution in [0.2, 0.25) is 0 Å². The molecule has 0 aliphatic carbocycles. The summed E-state index contributed by atoms with van der Waals surface area (Å²) in [5.41, 5.74) is 4.01. The number of halogens is 2. The van der Waals surface area contributed by atoms with Gasteiger partial charge in [0.05, 0.1) is 51.0 Å². The van der Waals surface area contributed by atoms with Crippen molar-refractivity contribution in [2.45, 2.75) is 18.9 Å². The van der Waals surface area contributed by atoms with E-state index in [-0.39, 0.29) is 22.9 Å². The molecule has 3 aromatic heterocycles. The lowest BCUT2D eigenvalue weighted by Crippen LogP contribution is -2.31. The predicted octanol–water partition coefficient (Wildman–Crippen LogP) is 5.40. The second kappa shape index (κ2) is 9.07. The molecule has 0 radical (unpaired) electrons. The summed E-state index contributed by atoms with van der Waals surface area (Å²) in [5, 5.41) is 7.74. The van der Waals surface area contributed by atoms with Crippen LogP contribution in [0, 0.1) is 11.6 Å². The molecule has 11 heteroatoms. The average Bonchev–Trinajstić information content (AvgIpc) is 3.54. The molecule has 0 amide bonds. The van der Waals surface area contributed by atoms with Crippen LogP contribution in [0.3, 0.4) is 0 Å². The molecule has 0 saturated carbocycles. The zero-order chi connectivity index (χ0) is 24.8. The highest BCUT2D eigenvalue weighted by atomic mass is 32.1. The molecule has 0 unspecified atom stereocenters. The van der Waals surface area contributed by atoms with Gasteiger partial charge >= 0.3 is 0 Å². The number of hydrogen-bond donors (Lipinski definition) is 1. The van der Waals surface area contributed by atoms with Crippen molar-refractivity contribution in [2.24, 2.45) is 0 Å². The highest BCUT2D eigenvalue weighted by molar-refractivity contribution is 7.16. The van der Waals surface area contributed by atoms with Gasteiger partial charge in [0.15, 0.2) is 5.82 Å². The Morgan fingerprint density at radius 1 is 1.08 bits per heavy atom. The molecule has 0 atom stereocenters. The van der Waals surface area contributed by atoms with E-state index in [2.05, 4.69) is 37.3 Å². The van der Waals surface area contributed by atoms with Crippen LogP contribution in [0.15, 0.2) is 42.3 Å². The monoisotopic (exact) mass is 507 g/mol. The van der Waals surface area contributed by atoms with Gasteiger partial charge in [0.1, 0.15) is 18.0 Å². The van der Waals surface area contributed by atoms with Crippen molar-refractivity contribution in [3.05, 3.63) is 53.9 Å². The fraction of sp³-hybridized carbons (Fsp3) is 0.280. The number of piperidine rings is 1. The first-order valence-electron chi connectivity index (χ1n) is 11.6. The van der Waals surface area contributed by atoms with Crippen molar-refractivity contribution in [2.75, 3.05) is 32.6 Å². The number of fused-ring (bicyclic) bond motifs is 2. The lowest BCUT2D eigenvalue weighted by atomic mass is 10.0. The van der Waals surface area contributed by atoms with E-state index in [0.29, 0.717) is 32.7 Å². The molecular weight excluding hydrogens is 484 g/mol. The molecule has 1 fully saturated rings. The lowest BCUT2D eigenvalue weighted by Gasteiger charge is -2.28. The largest absolute Gasteiger partial charge is 0.479 e. The maximum Gasteiger partial charge on any atom is 0.240 e. The van der Waals surface area contributed by atoms with E-state index in [9.17, 15) is 4.39 Å². The first kappa shape index (κ1) is 22.7. The fourth-order valence-corrected chi connectivity index (χ4v) is 5.41. The summed E-state index contributed by atoms with van der Waals surface area (Å²) in [6, 6.07) is 6.73. The second-order valence-corrected chi connectivity index (χ2v) is 9.75. The number of methoxy groups -OCH3 is 1. The first-order valence-corrected chi connectivity index (χ1v) is 12.4. The average molecular weight is 508 g/mol. The number of anilines is 2. The Morgan fingerprint density at radius 2 is 1.92 bits per heavy atom. The number of nitrogens with one attached hydrogen (secondary N) is 1. The normalized spacial score (nSPS) is 15.1. The minimum atomic E-state index is -0.529. The van der Waals surface area contributed by atoms with E-state index in [0.717, 1.165) is 25.9 Å². The highest BCUT2D eigenvalue weighted by Gasteiger charge is 2.23. The van der Waals surface area contributed by atoms with Gasteiger partial charge in [0, 0.05) is 6.20 Å². The van der Waals surface area contributed by atoms with Gasteiger partial charge in [0.2, 0.25) is 5.88 Å². The van der Waals surface area contributed by atoms with E-state index in [1.807, 2.05) is 10.9 Å². The molecule has 2 aromatic carbocycles. The molecule has 184 valence electrons. The van der Waals surface area contributed by atoms with Crippen molar-refractivity contribution >= 4 is 44.0 Å². The maximum absolute atomic E-state index is 15.5. The van der Waals surface area contributed by atoms with E-state index in [1.54, 1.807) is 30.8 Å². The van der Waals surface area contributed by atoms with E-state index in [4.69, 9.17) is 4.74 Å². The van der Waals surface area contributed by atoms with Crippen molar-refractivity contribution in [1.29, 1.82) is 0 Å². The maximum atomic E-state index is 15.5. The third kappa shape index (κ3) is 3.94. The Hall–Kier alpha value is -3.70. The molecule has 1 N–H and O–H groups in total. The summed E-state index contributed by atoms with van der Waals surface area (Å²) in [4.78, 5) is 14.9. The smallest absolute Gasteiger partial charge is 0.240 e. The van der Waals surface area contributed by atoms with E-state index in [1.165, 1.54) is 23.7 Å². The van der Waals surface area contributed by atoms with Crippen LogP contribution in [0.1, 0.15) is 18.9 Å². The standard InChI is InChI=1S/C25H23F2N7OS/c1-33-7-5-15(6-8-33)34-11-16(25(32-34)35-2)14-9-17(26)21-20(10-14)28-12-29-24(21)31-18-3-4-19-23(22(18)27)36-13-30-19/h3-4,9-13,15H,5-8H2,1-2H3,(H,28,29,31). The Balaban J connectivity index is 1.38. The van der Waals surface area contributed by atoms with Crippen LogP contribution in [0.4, 0.5) is 20.3 Å². The summed E-state index contributed by atoms with van der Waals surface area (Å²) < 4.78 is 38.4. The molecule has 8 nitrogen and oxygen atoms in total. The summed E-state index contributed by atoms with van der Waals surface area (Å²) in [7, 11) is 3.67. The summed E-state index contributed by atoms with van der Waals surface area (Å²) in [6.45, 7) is 1.99.